The second-order valence-electron chi connectivity index (χ2n) is 5.95. The molecule has 0 radical (unpaired) electrons. The molecule has 124 valence electrons. The minimum atomic E-state index is -0.0310. The van der Waals surface area contributed by atoms with Crippen molar-refractivity contribution >= 4 is 11.7 Å². The number of anilines is 1. The summed E-state index contributed by atoms with van der Waals surface area (Å²) in [6.45, 7) is 8.04. The van der Waals surface area contributed by atoms with Crippen molar-refractivity contribution in [3.63, 3.8) is 0 Å². The zero-order valence-electron chi connectivity index (χ0n) is 14.5. The number of hydrogen-bond donors (Lipinski definition) is 0. The van der Waals surface area contributed by atoms with Crippen molar-refractivity contribution in [1.29, 1.82) is 0 Å². The standard InChI is InChI=1S/C20H23N3O/c1-4-22(5-2)19-15(3)14-17-12-9-13-21-18(17)23(19)20(24)16-10-7-6-8-11-16/h6-13H,4-5,14H2,1-3H3. The van der Waals surface area contributed by atoms with Crippen molar-refractivity contribution in [3.05, 3.63) is 71.2 Å². The molecule has 0 saturated heterocycles. The highest BCUT2D eigenvalue weighted by molar-refractivity contribution is 6.08. The molecule has 0 fully saturated rings. The summed E-state index contributed by atoms with van der Waals surface area (Å²) in [5.41, 5.74) is 2.96. The van der Waals surface area contributed by atoms with Gasteiger partial charge in [-0.05, 0) is 50.1 Å². The van der Waals surface area contributed by atoms with Crippen molar-refractivity contribution in [3.8, 4) is 0 Å². The zero-order chi connectivity index (χ0) is 17.1. The van der Waals surface area contributed by atoms with Gasteiger partial charge in [0.25, 0.3) is 5.91 Å². The van der Waals surface area contributed by atoms with E-state index in [4.69, 9.17) is 0 Å². The fraction of sp³-hybridized carbons (Fsp3) is 0.300. The molecule has 2 aromatic rings. The van der Waals surface area contributed by atoms with E-state index in [9.17, 15) is 4.79 Å². The van der Waals surface area contributed by atoms with E-state index in [1.807, 2.05) is 36.4 Å². The number of allylic oxidation sites excluding steroid dienone is 1. The molecule has 4 nitrogen and oxygen atoms in total. The Kier molecular flexibility index (Phi) is 4.65. The highest BCUT2D eigenvalue weighted by atomic mass is 16.2. The van der Waals surface area contributed by atoms with Gasteiger partial charge in [-0.2, -0.15) is 0 Å². The third kappa shape index (κ3) is 2.80. The van der Waals surface area contributed by atoms with E-state index in [1.165, 1.54) is 5.57 Å². The topological polar surface area (TPSA) is 36.4 Å². The Labute approximate surface area is 143 Å². The number of hydrogen-bond acceptors (Lipinski definition) is 3. The summed E-state index contributed by atoms with van der Waals surface area (Å²) in [6, 6.07) is 13.4. The van der Waals surface area contributed by atoms with Gasteiger partial charge in [0.05, 0.1) is 0 Å². The average Bonchev–Trinajstić information content (AvgIpc) is 2.63. The van der Waals surface area contributed by atoms with Crippen molar-refractivity contribution in [2.75, 3.05) is 18.0 Å². The fourth-order valence-electron chi connectivity index (χ4n) is 3.26. The summed E-state index contributed by atoms with van der Waals surface area (Å²) in [7, 11) is 0. The largest absolute Gasteiger partial charge is 0.358 e. The summed E-state index contributed by atoms with van der Waals surface area (Å²) in [4.78, 5) is 21.8. The van der Waals surface area contributed by atoms with Crippen LogP contribution in [0.25, 0.3) is 0 Å². The number of pyridine rings is 1. The highest BCUT2D eigenvalue weighted by Crippen LogP contribution is 2.34. The lowest BCUT2D eigenvalue weighted by molar-refractivity contribution is 0.0983. The molecular weight excluding hydrogens is 298 g/mol. The van der Waals surface area contributed by atoms with Gasteiger partial charge in [-0.25, -0.2) is 9.88 Å². The minimum Gasteiger partial charge on any atom is -0.358 e. The van der Waals surface area contributed by atoms with Crippen LogP contribution in [-0.4, -0.2) is 28.9 Å². The van der Waals surface area contributed by atoms with Gasteiger partial charge in [0, 0.05) is 31.3 Å². The van der Waals surface area contributed by atoms with Gasteiger partial charge in [0.15, 0.2) is 0 Å². The van der Waals surface area contributed by atoms with Crippen LogP contribution >= 0.6 is 0 Å². The molecule has 0 unspecified atom stereocenters. The summed E-state index contributed by atoms with van der Waals surface area (Å²) in [6.07, 6.45) is 2.58. The van der Waals surface area contributed by atoms with Crippen molar-refractivity contribution < 1.29 is 4.79 Å². The van der Waals surface area contributed by atoms with Crippen LogP contribution in [-0.2, 0) is 6.42 Å². The number of benzene rings is 1. The molecule has 0 N–H and O–H groups in total. The smallest absolute Gasteiger partial charge is 0.265 e. The Balaban J connectivity index is 2.15. The van der Waals surface area contributed by atoms with Gasteiger partial charge >= 0.3 is 0 Å². The third-order valence-electron chi connectivity index (χ3n) is 4.42. The third-order valence-corrected chi connectivity index (χ3v) is 4.42. The van der Waals surface area contributed by atoms with Crippen LogP contribution in [0.15, 0.2) is 60.1 Å². The first kappa shape index (κ1) is 16.2. The number of carbonyl (C=O) groups excluding carboxylic acids is 1. The summed E-state index contributed by atoms with van der Waals surface area (Å²) < 4.78 is 0. The molecule has 0 spiro atoms. The second-order valence-corrected chi connectivity index (χ2v) is 5.95. The molecule has 0 aliphatic carbocycles. The van der Waals surface area contributed by atoms with Crippen LogP contribution in [0.4, 0.5) is 5.82 Å². The van der Waals surface area contributed by atoms with Crippen LogP contribution in [0.3, 0.4) is 0 Å². The SMILES string of the molecule is CCN(CC)C1=C(C)Cc2cccnc2N1C(=O)c1ccccc1. The van der Waals surface area contributed by atoms with Crippen LogP contribution in [0.2, 0.25) is 0 Å². The first-order chi connectivity index (χ1) is 11.7. The maximum absolute atomic E-state index is 13.3. The molecule has 4 heteroatoms. The zero-order valence-corrected chi connectivity index (χ0v) is 14.5. The van der Waals surface area contributed by atoms with Crippen LogP contribution in [0.1, 0.15) is 36.7 Å². The lowest BCUT2D eigenvalue weighted by Crippen LogP contribution is -2.43. The van der Waals surface area contributed by atoms with E-state index in [0.717, 1.165) is 36.7 Å². The minimum absolute atomic E-state index is 0.0310. The fourth-order valence-corrected chi connectivity index (χ4v) is 3.26. The molecule has 2 heterocycles. The van der Waals surface area contributed by atoms with Gasteiger partial charge < -0.3 is 4.90 Å². The number of fused-ring (bicyclic) bond motifs is 1. The van der Waals surface area contributed by atoms with E-state index in [0.29, 0.717) is 5.56 Å². The van der Waals surface area contributed by atoms with Gasteiger partial charge in [-0.3, -0.25) is 4.79 Å². The Morgan fingerprint density at radius 1 is 1.12 bits per heavy atom. The Hall–Kier alpha value is -2.62. The van der Waals surface area contributed by atoms with Crippen LogP contribution < -0.4 is 4.90 Å². The molecule has 1 aromatic carbocycles. The maximum atomic E-state index is 13.3. The lowest BCUT2D eigenvalue weighted by atomic mass is 10.0. The van der Waals surface area contributed by atoms with Crippen molar-refractivity contribution in [2.24, 2.45) is 0 Å². The van der Waals surface area contributed by atoms with E-state index in [-0.39, 0.29) is 5.91 Å². The molecule has 0 saturated carbocycles. The maximum Gasteiger partial charge on any atom is 0.265 e. The number of amides is 1. The predicted octanol–water partition coefficient (Wildman–Crippen LogP) is 3.86. The molecule has 24 heavy (non-hydrogen) atoms. The predicted molar refractivity (Wildman–Crippen MR) is 96.8 cm³/mol. The molecule has 3 rings (SSSR count). The Morgan fingerprint density at radius 3 is 2.50 bits per heavy atom. The van der Waals surface area contributed by atoms with Gasteiger partial charge in [-0.15, -0.1) is 0 Å². The van der Waals surface area contributed by atoms with Gasteiger partial charge in [0.1, 0.15) is 11.6 Å². The number of rotatable bonds is 4. The number of aromatic nitrogens is 1. The van der Waals surface area contributed by atoms with E-state index < -0.39 is 0 Å². The molecule has 1 amide bonds. The van der Waals surface area contributed by atoms with E-state index in [2.05, 4.69) is 36.7 Å². The molecule has 1 aliphatic rings. The van der Waals surface area contributed by atoms with Crippen LogP contribution in [0, 0.1) is 0 Å². The molecule has 1 aliphatic heterocycles. The first-order valence-corrected chi connectivity index (χ1v) is 8.45. The monoisotopic (exact) mass is 321 g/mol. The molecule has 0 bridgehead atoms. The van der Waals surface area contributed by atoms with E-state index in [1.54, 1.807) is 11.1 Å². The van der Waals surface area contributed by atoms with Gasteiger partial charge in [-0.1, -0.05) is 24.3 Å². The lowest BCUT2D eigenvalue weighted by Gasteiger charge is -2.38. The summed E-state index contributed by atoms with van der Waals surface area (Å²) >= 11 is 0. The highest BCUT2D eigenvalue weighted by Gasteiger charge is 2.32. The Bertz CT molecular complexity index is 763. The molecule has 0 atom stereocenters. The number of nitrogens with zero attached hydrogens (tertiary/aromatic N) is 3. The van der Waals surface area contributed by atoms with Crippen molar-refractivity contribution in [2.45, 2.75) is 27.2 Å². The van der Waals surface area contributed by atoms with E-state index >= 15 is 0 Å². The molecule has 1 aromatic heterocycles. The Morgan fingerprint density at radius 2 is 1.83 bits per heavy atom. The first-order valence-electron chi connectivity index (χ1n) is 8.45. The second kappa shape index (κ2) is 6.87. The normalized spacial score (nSPS) is 13.7. The summed E-state index contributed by atoms with van der Waals surface area (Å²) in [5.74, 6) is 1.69. The quantitative estimate of drug-likeness (QED) is 0.858. The van der Waals surface area contributed by atoms with Gasteiger partial charge in [0.2, 0.25) is 0 Å². The summed E-state index contributed by atoms with van der Waals surface area (Å²) in [5, 5.41) is 0. The molecular formula is C20H23N3O. The number of carbonyl (C=O) groups is 1. The van der Waals surface area contributed by atoms with Crippen LogP contribution in [0.5, 0.6) is 0 Å². The van der Waals surface area contributed by atoms with Crippen molar-refractivity contribution in [1.82, 2.24) is 9.88 Å². The average molecular weight is 321 g/mol.